The number of rotatable bonds is 5. The van der Waals surface area contributed by atoms with E-state index in [1.54, 1.807) is 0 Å². The Morgan fingerprint density at radius 2 is 2.18 bits per heavy atom. The molecule has 0 spiro atoms. The molecule has 0 aromatic carbocycles. The lowest BCUT2D eigenvalue weighted by atomic mass is 9.90. The van der Waals surface area contributed by atoms with E-state index in [-0.39, 0.29) is 0 Å². The molecule has 0 atom stereocenters. The molecule has 1 aliphatic heterocycles. The summed E-state index contributed by atoms with van der Waals surface area (Å²) in [7, 11) is 0. The smallest absolute Gasteiger partial charge is 0.0564 e. The molecule has 5 heteroatoms. The van der Waals surface area contributed by atoms with Gasteiger partial charge in [0.1, 0.15) is 0 Å². The Morgan fingerprint density at radius 1 is 1.36 bits per heavy atom. The molecule has 2 N–H and O–H groups in total. The summed E-state index contributed by atoms with van der Waals surface area (Å²) in [6.45, 7) is 8.37. The number of hydrogen-bond acceptors (Lipinski definition) is 4. The average Bonchev–Trinajstić information content (AvgIpc) is 2.95. The number of aryl methyl sites for hydroxylation is 1. The lowest BCUT2D eigenvalue weighted by molar-refractivity contribution is 0.202. The van der Waals surface area contributed by atoms with Gasteiger partial charge in [0, 0.05) is 30.7 Å². The molecule has 1 aliphatic rings. The molecular formula is C17H25N5. The first-order valence-electron chi connectivity index (χ1n) is 8.17. The normalized spacial score (nSPS) is 16.8. The zero-order chi connectivity index (χ0) is 15.4. The number of aromatic amines is 1. The van der Waals surface area contributed by atoms with Crippen LogP contribution in [0.2, 0.25) is 0 Å². The second kappa shape index (κ2) is 6.92. The van der Waals surface area contributed by atoms with E-state index in [1.807, 2.05) is 18.5 Å². The van der Waals surface area contributed by atoms with Gasteiger partial charge in [-0.2, -0.15) is 5.10 Å². The van der Waals surface area contributed by atoms with E-state index in [0.29, 0.717) is 5.92 Å². The number of piperidine rings is 1. The van der Waals surface area contributed by atoms with Gasteiger partial charge in [-0.15, -0.1) is 0 Å². The number of aromatic nitrogens is 3. The zero-order valence-corrected chi connectivity index (χ0v) is 13.5. The molecule has 3 rings (SSSR count). The summed E-state index contributed by atoms with van der Waals surface area (Å²) in [6.07, 6.45) is 6.30. The molecule has 0 unspecified atom stereocenters. The van der Waals surface area contributed by atoms with Crippen molar-refractivity contribution < 1.29 is 0 Å². The molecule has 2 aromatic rings. The molecule has 22 heavy (non-hydrogen) atoms. The van der Waals surface area contributed by atoms with E-state index >= 15 is 0 Å². The fourth-order valence-electron chi connectivity index (χ4n) is 3.28. The van der Waals surface area contributed by atoms with Gasteiger partial charge in [0.15, 0.2) is 0 Å². The van der Waals surface area contributed by atoms with Crippen LogP contribution >= 0.6 is 0 Å². The van der Waals surface area contributed by atoms with Crippen molar-refractivity contribution in [2.45, 2.75) is 39.2 Å². The molecule has 0 amide bonds. The van der Waals surface area contributed by atoms with Crippen molar-refractivity contribution in [1.82, 2.24) is 20.1 Å². The Balaban J connectivity index is 1.56. The highest BCUT2D eigenvalue weighted by molar-refractivity contribution is 5.42. The number of nitrogens with zero attached hydrogens (tertiary/aromatic N) is 3. The predicted octanol–water partition coefficient (Wildman–Crippen LogP) is 2.92. The summed E-state index contributed by atoms with van der Waals surface area (Å²) >= 11 is 0. The molecule has 0 bridgehead atoms. The fourth-order valence-corrected chi connectivity index (χ4v) is 3.28. The number of hydrogen-bond donors (Lipinski definition) is 2. The molecule has 0 radical (unpaired) electrons. The van der Waals surface area contributed by atoms with Gasteiger partial charge in [0.05, 0.1) is 11.9 Å². The van der Waals surface area contributed by atoms with E-state index < -0.39 is 0 Å². The average molecular weight is 299 g/mol. The largest absolute Gasteiger partial charge is 0.385 e. The molecule has 0 aliphatic carbocycles. The molecule has 118 valence electrons. The minimum atomic E-state index is 0.649. The first kappa shape index (κ1) is 15.0. The summed E-state index contributed by atoms with van der Waals surface area (Å²) in [5.41, 5.74) is 4.93. The van der Waals surface area contributed by atoms with Crippen LogP contribution in [0.15, 0.2) is 24.5 Å². The molecule has 5 nitrogen and oxygen atoms in total. The lowest BCUT2D eigenvalue weighted by Gasteiger charge is -2.31. The lowest BCUT2D eigenvalue weighted by Crippen LogP contribution is -2.32. The third-order valence-corrected chi connectivity index (χ3v) is 4.48. The summed E-state index contributed by atoms with van der Waals surface area (Å²) in [5.74, 6) is 0.649. The monoisotopic (exact) mass is 299 g/mol. The first-order chi connectivity index (χ1) is 10.8. The Morgan fingerprint density at radius 3 is 2.86 bits per heavy atom. The molecule has 0 saturated carbocycles. The van der Waals surface area contributed by atoms with Crippen LogP contribution in [0.3, 0.4) is 0 Å². The summed E-state index contributed by atoms with van der Waals surface area (Å²) in [5, 5.41) is 10.6. The van der Waals surface area contributed by atoms with Gasteiger partial charge in [-0.3, -0.25) is 15.0 Å². The second-order valence-electron chi connectivity index (χ2n) is 6.07. The van der Waals surface area contributed by atoms with Crippen molar-refractivity contribution in [3.8, 4) is 0 Å². The Bertz CT molecular complexity index is 599. The molecule has 1 fully saturated rings. The molecule has 1 saturated heterocycles. The van der Waals surface area contributed by atoms with Crippen LogP contribution in [-0.4, -0.2) is 39.7 Å². The fraction of sp³-hybridized carbons (Fsp3) is 0.529. The molecule has 2 aromatic heterocycles. The number of likely N-dealkylation sites (tertiary alicyclic amines) is 1. The third-order valence-electron chi connectivity index (χ3n) is 4.48. The van der Waals surface area contributed by atoms with Crippen molar-refractivity contribution >= 4 is 5.69 Å². The van der Waals surface area contributed by atoms with E-state index in [1.165, 1.54) is 24.1 Å². The predicted molar refractivity (Wildman–Crippen MR) is 89.0 cm³/mol. The van der Waals surface area contributed by atoms with Crippen molar-refractivity contribution in [1.29, 1.82) is 0 Å². The van der Waals surface area contributed by atoms with Gasteiger partial charge in [-0.1, -0.05) is 0 Å². The van der Waals surface area contributed by atoms with Crippen LogP contribution in [0.5, 0.6) is 0 Å². The van der Waals surface area contributed by atoms with Crippen molar-refractivity contribution in [3.63, 3.8) is 0 Å². The molecule has 3 heterocycles. The maximum absolute atomic E-state index is 4.50. The second-order valence-corrected chi connectivity index (χ2v) is 6.07. The number of nitrogens with one attached hydrogen (secondary N) is 2. The van der Waals surface area contributed by atoms with Gasteiger partial charge >= 0.3 is 0 Å². The Hall–Kier alpha value is -1.88. The van der Waals surface area contributed by atoms with Gasteiger partial charge in [-0.25, -0.2) is 0 Å². The SMILES string of the molecule is CCNc1ccnc(CN2CCC(c3cn[nH]c3C)CC2)c1. The topological polar surface area (TPSA) is 56.8 Å². The van der Waals surface area contributed by atoms with E-state index in [2.05, 4.69) is 45.3 Å². The van der Waals surface area contributed by atoms with Crippen LogP contribution in [0, 0.1) is 6.92 Å². The van der Waals surface area contributed by atoms with Crippen molar-refractivity contribution in [2.75, 3.05) is 25.0 Å². The van der Waals surface area contributed by atoms with E-state index in [9.17, 15) is 0 Å². The van der Waals surface area contributed by atoms with Gasteiger partial charge < -0.3 is 5.32 Å². The highest BCUT2D eigenvalue weighted by atomic mass is 15.1. The maximum Gasteiger partial charge on any atom is 0.0564 e. The quantitative estimate of drug-likeness (QED) is 0.891. The van der Waals surface area contributed by atoms with Crippen LogP contribution in [0.4, 0.5) is 5.69 Å². The van der Waals surface area contributed by atoms with Crippen LogP contribution < -0.4 is 5.32 Å². The number of pyridine rings is 1. The minimum Gasteiger partial charge on any atom is -0.385 e. The van der Waals surface area contributed by atoms with Gasteiger partial charge in [0.25, 0.3) is 0 Å². The van der Waals surface area contributed by atoms with Gasteiger partial charge in [0.2, 0.25) is 0 Å². The zero-order valence-electron chi connectivity index (χ0n) is 13.5. The van der Waals surface area contributed by atoms with Gasteiger partial charge in [-0.05, 0) is 63.4 Å². The van der Waals surface area contributed by atoms with E-state index in [0.717, 1.165) is 37.6 Å². The van der Waals surface area contributed by atoms with Crippen molar-refractivity contribution in [3.05, 3.63) is 41.5 Å². The van der Waals surface area contributed by atoms with Crippen molar-refractivity contribution in [2.24, 2.45) is 0 Å². The van der Waals surface area contributed by atoms with E-state index in [4.69, 9.17) is 0 Å². The summed E-state index contributed by atoms with van der Waals surface area (Å²) in [4.78, 5) is 7.01. The minimum absolute atomic E-state index is 0.649. The highest BCUT2D eigenvalue weighted by Gasteiger charge is 2.22. The number of anilines is 1. The van der Waals surface area contributed by atoms with Crippen LogP contribution in [0.1, 0.15) is 42.6 Å². The number of H-pyrrole nitrogens is 1. The Kier molecular flexibility index (Phi) is 4.73. The maximum atomic E-state index is 4.50. The summed E-state index contributed by atoms with van der Waals surface area (Å²) in [6, 6.07) is 4.19. The molecular weight excluding hydrogens is 274 g/mol. The highest BCUT2D eigenvalue weighted by Crippen LogP contribution is 2.29. The van der Waals surface area contributed by atoms with Crippen LogP contribution in [0.25, 0.3) is 0 Å². The Labute approximate surface area is 132 Å². The summed E-state index contributed by atoms with van der Waals surface area (Å²) < 4.78 is 0. The first-order valence-corrected chi connectivity index (χ1v) is 8.17. The standard InChI is InChI=1S/C17H25N5/c1-3-18-15-4-7-19-16(10-15)12-22-8-5-14(6-9-22)17-11-20-21-13(17)2/h4,7,10-11,14H,3,5-6,8-9,12H2,1-2H3,(H,18,19)(H,20,21). The van der Waals surface area contributed by atoms with Crippen LogP contribution in [-0.2, 0) is 6.54 Å². The third kappa shape index (κ3) is 3.47.